The highest BCUT2D eigenvalue weighted by molar-refractivity contribution is 7.80. The number of amides is 1. The summed E-state index contributed by atoms with van der Waals surface area (Å²) < 4.78 is 7.19. The van der Waals surface area contributed by atoms with Gasteiger partial charge < -0.3 is 9.73 Å². The minimum Gasteiger partial charge on any atom is -0.454 e. The van der Waals surface area contributed by atoms with Crippen molar-refractivity contribution in [2.75, 3.05) is 5.32 Å². The van der Waals surface area contributed by atoms with Crippen LogP contribution in [0.4, 0.5) is 5.00 Å². The van der Waals surface area contributed by atoms with Crippen molar-refractivity contribution in [1.29, 1.82) is 5.26 Å². The fourth-order valence-electron chi connectivity index (χ4n) is 3.43. The lowest BCUT2D eigenvalue weighted by Gasteiger charge is -2.17. The summed E-state index contributed by atoms with van der Waals surface area (Å²) in [5, 5.41) is 20.6. The monoisotopic (exact) mass is 459 g/mol. The molecule has 0 radical (unpaired) electrons. The summed E-state index contributed by atoms with van der Waals surface area (Å²) in [6, 6.07) is 5.55. The van der Waals surface area contributed by atoms with Crippen molar-refractivity contribution in [3.05, 3.63) is 57.1 Å². The number of fused-ring (bicyclic) bond motifs is 1. The smallest absolute Gasteiger partial charge is 0.293 e. The molecule has 30 heavy (non-hydrogen) atoms. The molecule has 1 aliphatic carbocycles. The Balaban J connectivity index is 1.40. The van der Waals surface area contributed by atoms with Gasteiger partial charge in [0.1, 0.15) is 16.8 Å². The number of hydrogen-bond donors (Lipinski definition) is 2. The van der Waals surface area contributed by atoms with E-state index in [4.69, 9.17) is 28.2 Å². The molecule has 1 amide bonds. The van der Waals surface area contributed by atoms with Crippen LogP contribution < -0.4 is 10.6 Å². The zero-order valence-electron chi connectivity index (χ0n) is 16.1. The number of anilines is 1. The van der Waals surface area contributed by atoms with E-state index in [1.54, 1.807) is 23.0 Å². The highest BCUT2D eigenvalue weighted by atomic mass is 35.5. The van der Waals surface area contributed by atoms with Crippen LogP contribution in [0.15, 0.2) is 28.9 Å². The number of nitrogens with one attached hydrogen (secondary N) is 2. The number of furan rings is 1. The zero-order chi connectivity index (χ0) is 21.3. The minimum absolute atomic E-state index is 0.125. The van der Waals surface area contributed by atoms with Crippen molar-refractivity contribution < 1.29 is 9.21 Å². The Kier molecular flexibility index (Phi) is 5.90. The van der Waals surface area contributed by atoms with E-state index in [1.807, 2.05) is 0 Å². The molecule has 10 heteroatoms. The van der Waals surface area contributed by atoms with E-state index in [0.29, 0.717) is 33.8 Å². The van der Waals surface area contributed by atoms with E-state index >= 15 is 0 Å². The van der Waals surface area contributed by atoms with E-state index in [0.717, 1.165) is 24.8 Å². The maximum atomic E-state index is 12.5. The van der Waals surface area contributed by atoms with Gasteiger partial charge in [0, 0.05) is 11.1 Å². The predicted molar refractivity (Wildman–Crippen MR) is 119 cm³/mol. The molecule has 3 aromatic heterocycles. The van der Waals surface area contributed by atoms with Gasteiger partial charge >= 0.3 is 0 Å². The molecule has 0 fully saturated rings. The lowest BCUT2D eigenvalue weighted by molar-refractivity contribution is 0.0948. The molecule has 3 aromatic rings. The molecular formula is C20H18ClN5O2S2. The molecule has 1 atom stereocenters. The van der Waals surface area contributed by atoms with Gasteiger partial charge in [0.15, 0.2) is 10.9 Å². The Morgan fingerprint density at radius 3 is 3.10 bits per heavy atom. The van der Waals surface area contributed by atoms with Crippen LogP contribution in [0, 0.1) is 17.2 Å². The van der Waals surface area contributed by atoms with Crippen LogP contribution in [0.5, 0.6) is 0 Å². The summed E-state index contributed by atoms with van der Waals surface area (Å²) in [7, 11) is 0. The molecule has 0 aromatic carbocycles. The Labute approximate surface area is 187 Å². The second kappa shape index (κ2) is 8.60. The minimum atomic E-state index is -0.467. The average Bonchev–Trinajstić information content (AvgIpc) is 3.40. The standard InChI is InChI=1S/C20H18ClN5O2S2/c1-11-2-4-14-15(7-22)19(30-17(14)6-11)25-20(29)24-18(27)16-5-3-13(28-16)10-26-9-12(21)8-23-26/h3,5,8-9,11H,2,4,6,10H2,1H3,(H2,24,25,27,29). The van der Waals surface area contributed by atoms with Crippen LogP contribution in [-0.4, -0.2) is 20.8 Å². The van der Waals surface area contributed by atoms with Crippen molar-refractivity contribution in [3.63, 3.8) is 0 Å². The number of hydrogen-bond acceptors (Lipinski definition) is 6. The molecule has 0 spiro atoms. The van der Waals surface area contributed by atoms with Crippen molar-refractivity contribution in [2.24, 2.45) is 5.92 Å². The molecule has 2 N–H and O–H groups in total. The maximum absolute atomic E-state index is 12.5. The Morgan fingerprint density at radius 2 is 2.37 bits per heavy atom. The summed E-state index contributed by atoms with van der Waals surface area (Å²) >= 11 is 12.7. The van der Waals surface area contributed by atoms with E-state index < -0.39 is 5.91 Å². The molecule has 154 valence electrons. The van der Waals surface area contributed by atoms with Crippen molar-refractivity contribution in [1.82, 2.24) is 15.1 Å². The van der Waals surface area contributed by atoms with Gasteiger partial charge in [-0.1, -0.05) is 18.5 Å². The van der Waals surface area contributed by atoms with Gasteiger partial charge in [0.05, 0.1) is 23.3 Å². The molecule has 0 saturated heterocycles. The number of nitriles is 1. The molecule has 7 nitrogen and oxygen atoms in total. The molecule has 0 saturated carbocycles. The largest absolute Gasteiger partial charge is 0.454 e. The SMILES string of the molecule is CC1CCc2c(sc(NC(=S)NC(=O)c3ccc(Cn4cc(Cl)cn4)o3)c2C#N)C1. The number of nitrogens with zero attached hydrogens (tertiary/aromatic N) is 3. The number of carbonyl (C=O) groups excluding carboxylic acids is 1. The van der Waals surface area contributed by atoms with Crippen molar-refractivity contribution in [3.8, 4) is 6.07 Å². The van der Waals surface area contributed by atoms with Crippen LogP contribution in [0.25, 0.3) is 0 Å². The number of aromatic nitrogens is 2. The normalized spacial score (nSPS) is 15.3. The Morgan fingerprint density at radius 1 is 1.53 bits per heavy atom. The summed E-state index contributed by atoms with van der Waals surface area (Å²) in [5.74, 6) is 0.830. The molecule has 4 rings (SSSR count). The van der Waals surface area contributed by atoms with Crippen LogP contribution in [0.3, 0.4) is 0 Å². The van der Waals surface area contributed by atoms with Gasteiger partial charge in [0.2, 0.25) is 0 Å². The van der Waals surface area contributed by atoms with Crippen molar-refractivity contribution in [2.45, 2.75) is 32.7 Å². The lowest BCUT2D eigenvalue weighted by atomic mass is 9.89. The van der Waals surface area contributed by atoms with Gasteiger partial charge in [-0.3, -0.25) is 14.8 Å². The number of halogens is 1. The van der Waals surface area contributed by atoms with E-state index in [1.165, 1.54) is 22.4 Å². The van der Waals surface area contributed by atoms with Crippen LogP contribution >= 0.6 is 35.2 Å². The third kappa shape index (κ3) is 4.41. The summed E-state index contributed by atoms with van der Waals surface area (Å²) in [6.07, 6.45) is 6.13. The molecule has 1 unspecified atom stereocenters. The number of thiophene rings is 1. The highest BCUT2D eigenvalue weighted by Crippen LogP contribution is 2.39. The van der Waals surface area contributed by atoms with Crippen LogP contribution in [0.2, 0.25) is 5.02 Å². The van der Waals surface area contributed by atoms with E-state index in [-0.39, 0.29) is 10.9 Å². The Hall–Kier alpha value is -2.67. The zero-order valence-corrected chi connectivity index (χ0v) is 18.5. The average molecular weight is 460 g/mol. The first-order valence-corrected chi connectivity index (χ1v) is 11.0. The second-order valence-electron chi connectivity index (χ2n) is 7.20. The van der Waals surface area contributed by atoms with Gasteiger partial charge in [-0.25, -0.2) is 0 Å². The van der Waals surface area contributed by atoms with E-state index in [9.17, 15) is 10.1 Å². The van der Waals surface area contributed by atoms with Crippen molar-refractivity contribution >= 4 is 51.2 Å². The van der Waals surface area contributed by atoms with Gasteiger partial charge in [-0.15, -0.1) is 11.3 Å². The molecular weight excluding hydrogens is 442 g/mol. The third-order valence-corrected chi connectivity index (χ3v) is 6.45. The number of carbonyl (C=O) groups is 1. The number of thiocarbonyl (C=S) groups is 1. The van der Waals surface area contributed by atoms with Gasteiger partial charge in [-0.2, -0.15) is 10.4 Å². The van der Waals surface area contributed by atoms with Crippen LogP contribution in [0.1, 0.15) is 45.7 Å². The van der Waals surface area contributed by atoms with Gasteiger partial charge in [-0.05, 0) is 55.1 Å². The first-order valence-electron chi connectivity index (χ1n) is 9.36. The quantitative estimate of drug-likeness (QED) is 0.562. The topological polar surface area (TPSA) is 95.9 Å². The second-order valence-corrected chi connectivity index (χ2v) is 9.15. The fourth-order valence-corrected chi connectivity index (χ4v) is 5.21. The summed E-state index contributed by atoms with van der Waals surface area (Å²) in [4.78, 5) is 13.7. The van der Waals surface area contributed by atoms with E-state index in [2.05, 4.69) is 28.7 Å². The molecule has 1 aliphatic rings. The molecule has 3 heterocycles. The Bertz CT molecular complexity index is 1160. The summed E-state index contributed by atoms with van der Waals surface area (Å²) in [5.41, 5.74) is 1.73. The van der Waals surface area contributed by atoms with Gasteiger partial charge in [0.25, 0.3) is 5.91 Å². The first kappa shape index (κ1) is 20.6. The molecule has 0 bridgehead atoms. The summed E-state index contributed by atoms with van der Waals surface area (Å²) in [6.45, 7) is 2.57. The van der Waals surface area contributed by atoms with Crippen LogP contribution in [-0.2, 0) is 19.4 Å². The third-order valence-electron chi connectivity index (χ3n) is 4.88. The lowest BCUT2D eigenvalue weighted by Crippen LogP contribution is -2.33. The predicted octanol–water partition coefficient (Wildman–Crippen LogP) is 4.36. The fraction of sp³-hybridized carbons (Fsp3) is 0.300. The highest BCUT2D eigenvalue weighted by Gasteiger charge is 2.24. The maximum Gasteiger partial charge on any atom is 0.293 e. The molecule has 0 aliphatic heterocycles. The first-order chi connectivity index (χ1) is 14.4. The number of rotatable bonds is 4.